The quantitative estimate of drug-likeness (QED) is 0.486. The second-order valence-electron chi connectivity index (χ2n) is 8.96. The van der Waals surface area contributed by atoms with Crippen LogP contribution in [-0.2, 0) is 16.6 Å². The number of hydrogen-bond acceptors (Lipinski definition) is 6. The molecule has 0 unspecified atom stereocenters. The maximum absolute atomic E-state index is 13.9. The van der Waals surface area contributed by atoms with E-state index in [1.54, 1.807) is 38.7 Å². The standard InChI is InChI=1S/C24H29N3O4S2/c28-24(26-13-5-2-6-14-26)23-21-16-20(11-12-22(21)31-25-23)33(29,30)27(17-19-10-7-15-32-19)18-8-3-1-4-9-18/h7,10-12,15-16,18H,1-6,8-9,13-14,17H2. The Kier molecular flexibility index (Phi) is 6.53. The molecule has 3 aromatic rings. The molecule has 1 amide bonds. The number of sulfonamides is 1. The topological polar surface area (TPSA) is 83.7 Å². The Morgan fingerprint density at radius 1 is 1.09 bits per heavy atom. The number of carbonyl (C=O) groups excluding carboxylic acids is 1. The Morgan fingerprint density at radius 3 is 2.58 bits per heavy atom. The second-order valence-corrected chi connectivity index (χ2v) is 11.9. The molecule has 7 nitrogen and oxygen atoms in total. The Hall–Kier alpha value is -2.23. The van der Waals surface area contributed by atoms with E-state index in [9.17, 15) is 13.2 Å². The number of nitrogens with zero attached hydrogens (tertiary/aromatic N) is 3. The van der Waals surface area contributed by atoms with Gasteiger partial charge in [0.15, 0.2) is 11.3 Å². The zero-order valence-corrected chi connectivity index (χ0v) is 20.2. The number of fused-ring (bicyclic) bond motifs is 1. The largest absolute Gasteiger partial charge is 0.355 e. The van der Waals surface area contributed by atoms with Crippen molar-refractivity contribution in [3.63, 3.8) is 0 Å². The van der Waals surface area contributed by atoms with Crippen LogP contribution in [0.3, 0.4) is 0 Å². The first-order valence-corrected chi connectivity index (χ1v) is 14.1. The minimum absolute atomic E-state index is 0.0153. The van der Waals surface area contributed by atoms with E-state index in [1.165, 1.54) is 0 Å². The summed E-state index contributed by atoms with van der Waals surface area (Å²) in [7, 11) is -3.77. The molecule has 2 aromatic heterocycles. The maximum Gasteiger partial charge on any atom is 0.276 e. The molecule has 0 bridgehead atoms. The Labute approximate surface area is 198 Å². The molecule has 1 aliphatic heterocycles. The molecule has 0 atom stereocenters. The van der Waals surface area contributed by atoms with E-state index in [2.05, 4.69) is 5.16 Å². The predicted octanol–water partition coefficient (Wildman–Crippen LogP) is 5.04. The zero-order chi connectivity index (χ0) is 22.8. The number of aromatic nitrogens is 1. The van der Waals surface area contributed by atoms with Gasteiger partial charge in [0.25, 0.3) is 5.91 Å². The molecule has 33 heavy (non-hydrogen) atoms. The summed E-state index contributed by atoms with van der Waals surface area (Å²) < 4.78 is 34.8. The highest BCUT2D eigenvalue weighted by atomic mass is 32.2. The van der Waals surface area contributed by atoms with Crippen LogP contribution in [0.5, 0.6) is 0 Å². The Balaban J connectivity index is 1.50. The van der Waals surface area contributed by atoms with Crippen LogP contribution < -0.4 is 0 Å². The van der Waals surface area contributed by atoms with Gasteiger partial charge >= 0.3 is 0 Å². The van der Waals surface area contributed by atoms with Crippen LogP contribution in [0.2, 0.25) is 0 Å². The zero-order valence-electron chi connectivity index (χ0n) is 18.6. The van der Waals surface area contributed by atoms with E-state index in [-0.39, 0.29) is 22.5 Å². The summed E-state index contributed by atoms with van der Waals surface area (Å²) >= 11 is 1.57. The minimum Gasteiger partial charge on any atom is -0.355 e. The average molecular weight is 488 g/mol. The molecule has 2 fully saturated rings. The molecule has 3 heterocycles. The molecule has 9 heteroatoms. The molecule has 0 spiro atoms. The fourth-order valence-electron chi connectivity index (χ4n) is 4.95. The van der Waals surface area contributed by atoms with E-state index >= 15 is 0 Å². The molecule has 1 aliphatic carbocycles. The predicted molar refractivity (Wildman–Crippen MR) is 128 cm³/mol. The molecule has 1 aromatic carbocycles. The third-order valence-corrected chi connectivity index (χ3v) is 9.52. The number of piperidine rings is 1. The third-order valence-electron chi connectivity index (χ3n) is 6.77. The molecule has 2 aliphatic rings. The van der Waals surface area contributed by atoms with Crippen molar-refractivity contribution in [2.24, 2.45) is 0 Å². The first-order valence-electron chi connectivity index (χ1n) is 11.8. The number of benzene rings is 1. The minimum atomic E-state index is -3.77. The third kappa shape index (κ3) is 4.58. The van der Waals surface area contributed by atoms with E-state index < -0.39 is 10.0 Å². The van der Waals surface area contributed by atoms with Crippen molar-refractivity contribution in [1.82, 2.24) is 14.4 Å². The monoisotopic (exact) mass is 487 g/mol. The fraction of sp³-hybridized carbons (Fsp3) is 0.500. The van der Waals surface area contributed by atoms with E-state index in [0.717, 1.165) is 56.2 Å². The number of amides is 1. The van der Waals surface area contributed by atoms with Crippen molar-refractivity contribution >= 4 is 38.2 Å². The van der Waals surface area contributed by atoms with Gasteiger partial charge in [-0.3, -0.25) is 4.79 Å². The SMILES string of the molecule is O=C(c1noc2ccc(S(=O)(=O)N(Cc3cccs3)C3CCCCC3)cc12)N1CCCCC1. The lowest BCUT2D eigenvalue weighted by molar-refractivity contribution is 0.0715. The number of likely N-dealkylation sites (tertiary alicyclic amines) is 1. The van der Waals surface area contributed by atoms with Crippen molar-refractivity contribution in [3.8, 4) is 0 Å². The first-order chi connectivity index (χ1) is 16.0. The van der Waals surface area contributed by atoms with Gasteiger partial charge in [0.05, 0.1) is 10.3 Å². The molecule has 176 valence electrons. The van der Waals surface area contributed by atoms with Gasteiger partial charge in [-0.25, -0.2) is 8.42 Å². The summed E-state index contributed by atoms with van der Waals surface area (Å²) in [5.74, 6) is -0.189. The van der Waals surface area contributed by atoms with Crippen molar-refractivity contribution < 1.29 is 17.7 Å². The van der Waals surface area contributed by atoms with Crippen molar-refractivity contribution in [3.05, 3.63) is 46.3 Å². The van der Waals surface area contributed by atoms with Crippen LogP contribution in [0.15, 0.2) is 45.1 Å². The second kappa shape index (κ2) is 9.56. The van der Waals surface area contributed by atoms with Crippen LogP contribution in [0, 0.1) is 0 Å². The van der Waals surface area contributed by atoms with Gasteiger partial charge in [0.2, 0.25) is 10.0 Å². The van der Waals surface area contributed by atoms with Gasteiger partial charge in [-0.2, -0.15) is 4.31 Å². The van der Waals surface area contributed by atoms with Crippen molar-refractivity contribution in [1.29, 1.82) is 0 Å². The molecule has 1 saturated heterocycles. The smallest absolute Gasteiger partial charge is 0.276 e. The van der Waals surface area contributed by atoms with E-state index in [0.29, 0.717) is 30.6 Å². The summed E-state index contributed by atoms with van der Waals surface area (Å²) in [5, 5.41) is 6.46. The molecule has 1 saturated carbocycles. The highest BCUT2D eigenvalue weighted by Gasteiger charge is 2.34. The Bertz CT molecular complexity index is 1210. The van der Waals surface area contributed by atoms with Crippen LogP contribution in [0.1, 0.15) is 66.7 Å². The van der Waals surface area contributed by atoms with Crippen LogP contribution in [-0.4, -0.2) is 47.8 Å². The van der Waals surface area contributed by atoms with Crippen LogP contribution >= 0.6 is 11.3 Å². The molecule has 0 radical (unpaired) electrons. The van der Waals surface area contributed by atoms with Crippen LogP contribution in [0.25, 0.3) is 11.0 Å². The normalized spacial score (nSPS) is 18.3. The number of thiophene rings is 1. The number of hydrogen-bond donors (Lipinski definition) is 0. The summed E-state index contributed by atoms with van der Waals surface area (Å²) in [6, 6.07) is 8.68. The number of carbonyl (C=O) groups is 1. The average Bonchev–Trinajstić information content (AvgIpc) is 3.52. The van der Waals surface area contributed by atoms with Gasteiger partial charge in [-0.1, -0.05) is 30.5 Å². The lowest BCUT2D eigenvalue weighted by atomic mass is 9.95. The molecular formula is C24H29N3O4S2. The van der Waals surface area contributed by atoms with Gasteiger partial charge in [-0.15, -0.1) is 11.3 Å². The van der Waals surface area contributed by atoms with Crippen molar-refractivity contribution in [2.75, 3.05) is 13.1 Å². The van der Waals surface area contributed by atoms with Crippen molar-refractivity contribution in [2.45, 2.75) is 68.8 Å². The van der Waals surface area contributed by atoms with Gasteiger partial charge in [-0.05, 0) is 61.7 Å². The summed E-state index contributed by atoms with van der Waals surface area (Å²) in [6.07, 6.45) is 8.05. The molecule has 0 N–H and O–H groups in total. The van der Waals surface area contributed by atoms with E-state index in [4.69, 9.17) is 4.52 Å². The Morgan fingerprint density at radius 2 is 1.85 bits per heavy atom. The van der Waals surface area contributed by atoms with Gasteiger partial charge < -0.3 is 9.42 Å². The fourth-order valence-corrected chi connectivity index (χ4v) is 7.42. The maximum atomic E-state index is 13.9. The van der Waals surface area contributed by atoms with Gasteiger partial charge in [0, 0.05) is 30.6 Å². The van der Waals surface area contributed by atoms with Crippen LogP contribution in [0.4, 0.5) is 0 Å². The first kappa shape index (κ1) is 22.6. The lowest BCUT2D eigenvalue weighted by Crippen LogP contribution is -2.40. The van der Waals surface area contributed by atoms with E-state index in [1.807, 2.05) is 17.5 Å². The van der Waals surface area contributed by atoms with Gasteiger partial charge in [0.1, 0.15) is 0 Å². The highest BCUT2D eigenvalue weighted by Crippen LogP contribution is 2.32. The summed E-state index contributed by atoms with van der Waals surface area (Å²) in [5.41, 5.74) is 0.628. The molecular weight excluding hydrogens is 458 g/mol. The summed E-state index contributed by atoms with van der Waals surface area (Å²) in [6.45, 7) is 1.76. The summed E-state index contributed by atoms with van der Waals surface area (Å²) in [4.78, 5) is 16.1. The lowest BCUT2D eigenvalue weighted by Gasteiger charge is -2.33. The number of rotatable bonds is 6. The molecule has 5 rings (SSSR count). The highest BCUT2D eigenvalue weighted by molar-refractivity contribution is 7.89.